The number of carbonyl (C=O) groups excluding carboxylic acids is 1. The number of hydrogen-bond acceptors (Lipinski definition) is 3. The first-order valence-electron chi connectivity index (χ1n) is 7.63. The predicted octanol–water partition coefficient (Wildman–Crippen LogP) is 3.90. The number of hydrogen-bond donors (Lipinski definition) is 1. The number of halogens is 1. The molecule has 4 nitrogen and oxygen atoms in total. The molecule has 0 spiro atoms. The molecule has 1 amide bonds. The van der Waals surface area contributed by atoms with E-state index in [0.29, 0.717) is 6.42 Å². The number of benzene rings is 1. The van der Waals surface area contributed by atoms with Crippen molar-refractivity contribution >= 4 is 38.1 Å². The number of fused-ring (bicyclic) bond motifs is 1. The summed E-state index contributed by atoms with van der Waals surface area (Å²) in [6, 6.07) is 8.23. The van der Waals surface area contributed by atoms with Gasteiger partial charge in [-0.15, -0.1) is 11.3 Å². The van der Waals surface area contributed by atoms with E-state index in [2.05, 4.69) is 38.4 Å². The van der Waals surface area contributed by atoms with E-state index in [-0.39, 0.29) is 11.4 Å². The monoisotopic (exact) mass is 389 g/mol. The van der Waals surface area contributed by atoms with Crippen LogP contribution >= 0.6 is 27.3 Å². The summed E-state index contributed by atoms with van der Waals surface area (Å²) in [6.07, 6.45) is 7.35. The SMILES string of the molecule is O=C(Cc1cn2ccsc2n1)NC1(c2cccc(Br)c2)CCC1. The summed E-state index contributed by atoms with van der Waals surface area (Å²) >= 11 is 5.10. The second-order valence-corrected chi connectivity index (χ2v) is 7.78. The molecular weight excluding hydrogens is 374 g/mol. The van der Waals surface area contributed by atoms with Crippen LogP contribution < -0.4 is 5.32 Å². The molecule has 1 aliphatic carbocycles. The van der Waals surface area contributed by atoms with Crippen molar-refractivity contribution in [3.05, 3.63) is 57.8 Å². The molecule has 118 valence electrons. The summed E-state index contributed by atoms with van der Waals surface area (Å²) in [6.45, 7) is 0. The Kier molecular flexibility index (Phi) is 3.73. The van der Waals surface area contributed by atoms with Crippen molar-refractivity contribution in [1.29, 1.82) is 0 Å². The van der Waals surface area contributed by atoms with Gasteiger partial charge in [0.1, 0.15) is 0 Å². The second-order valence-electron chi connectivity index (χ2n) is 6.00. The summed E-state index contributed by atoms with van der Waals surface area (Å²) in [4.78, 5) is 17.9. The third kappa shape index (κ3) is 2.81. The van der Waals surface area contributed by atoms with Gasteiger partial charge in [-0.3, -0.25) is 9.20 Å². The number of nitrogens with zero attached hydrogens (tertiary/aromatic N) is 2. The molecule has 6 heteroatoms. The lowest BCUT2D eigenvalue weighted by Crippen LogP contribution is -2.51. The Hall–Kier alpha value is -1.66. The molecule has 0 radical (unpaired) electrons. The number of nitrogens with one attached hydrogen (secondary N) is 1. The maximum absolute atomic E-state index is 12.5. The molecule has 1 fully saturated rings. The van der Waals surface area contributed by atoms with E-state index in [1.807, 2.05) is 34.3 Å². The minimum atomic E-state index is -0.210. The van der Waals surface area contributed by atoms with Crippen molar-refractivity contribution in [2.45, 2.75) is 31.2 Å². The number of aromatic nitrogens is 2. The molecule has 0 bridgehead atoms. The number of thiazole rings is 1. The third-order valence-corrected chi connectivity index (χ3v) is 5.71. The van der Waals surface area contributed by atoms with Gasteiger partial charge in [-0.05, 0) is 37.0 Å². The fourth-order valence-corrected chi connectivity index (χ4v) is 4.26. The van der Waals surface area contributed by atoms with Gasteiger partial charge in [0.2, 0.25) is 5.91 Å². The zero-order valence-corrected chi connectivity index (χ0v) is 14.9. The Balaban J connectivity index is 1.51. The maximum atomic E-state index is 12.5. The first-order valence-corrected chi connectivity index (χ1v) is 9.30. The Bertz CT molecular complexity index is 837. The Morgan fingerprint density at radius 3 is 3.00 bits per heavy atom. The highest BCUT2D eigenvalue weighted by Gasteiger charge is 2.40. The highest BCUT2D eigenvalue weighted by Crippen LogP contribution is 2.41. The zero-order chi connectivity index (χ0) is 15.9. The molecular formula is C17H16BrN3OS. The molecule has 0 atom stereocenters. The average molecular weight is 390 g/mol. The first-order chi connectivity index (χ1) is 11.1. The topological polar surface area (TPSA) is 46.4 Å². The van der Waals surface area contributed by atoms with E-state index in [1.165, 1.54) is 5.56 Å². The van der Waals surface area contributed by atoms with Crippen molar-refractivity contribution in [1.82, 2.24) is 14.7 Å². The molecule has 0 aliphatic heterocycles. The van der Waals surface area contributed by atoms with Gasteiger partial charge in [0.15, 0.2) is 4.96 Å². The lowest BCUT2D eigenvalue weighted by molar-refractivity contribution is -0.123. The second kappa shape index (κ2) is 5.76. The van der Waals surface area contributed by atoms with Gasteiger partial charge < -0.3 is 5.32 Å². The van der Waals surface area contributed by atoms with Crippen LogP contribution in [0.15, 0.2) is 46.5 Å². The Labute approximate surface area is 146 Å². The first kappa shape index (κ1) is 14.9. The minimum absolute atomic E-state index is 0.0374. The number of imidazole rings is 1. The Morgan fingerprint density at radius 1 is 1.43 bits per heavy atom. The lowest BCUT2D eigenvalue weighted by Gasteiger charge is -2.43. The summed E-state index contributed by atoms with van der Waals surface area (Å²) in [5.74, 6) is 0.0374. The van der Waals surface area contributed by atoms with Crippen LogP contribution in [-0.2, 0) is 16.8 Å². The normalized spacial score (nSPS) is 16.2. The summed E-state index contributed by atoms with van der Waals surface area (Å²) in [7, 11) is 0. The van der Waals surface area contributed by atoms with Gasteiger partial charge >= 0.3 is 0 Å². The molecule has 4 rings (SSSR count). The van der Waals surface area contributed by atoms with Crippen LogP contribution in [0.3, 0.4) is 0 Å². The average Bonchev–Trinajstić information content (AvgIpc) is 3.04. The van der Waals surface area contributed by atoms with Gasteiger partial charge in [0.25, 0.3) is 0 Å². The van der Waals surface area contributed by atoms with Crippen molar-refractivity contribution in [3.63, 3.8) is 0 Å². The smallest absolute Gasteiger partial charge is 0.226 e. The van der Waals surface area contributed by atoms with E-state index < -0.39 is 0 Å². The molecule has 0 saturated heterocycles. The number of carbonyl (C=O) groups is 1. The van der Waals surface area contributed by atoms with Crippen LogP contribution in [0.4, 0.5) is 0 Å². The lowest BCUT2D eigenvalue weighted by atomic mass is 9.71. The van der Waals surface area contributed by atoms with E-state index >= 15 is 0 Å². The highest BCUT2D eigenvalue weighted by atomic mass is 79.9. The van der Waals surface area contributed by atoms with Crippen LogP contribution in [0.1, 0.15) is 30.5 Å². The summed E-state index contributed by atoms with van der Waals surface area (Å²) in [5.41, 5.74) is 1.79. The summed E-state index contributed by atoms with van der Waals surface area (Å²) in [5, 5.41) is 5.24. The maximum Gasteiger partial charge on any atom is 0.226 e. The van der Waals surface area contributed by atoms with Crippen LogP contribution in [0.5, 0.6) is 0 Å². The van der Waals surface area contributed by atoms with Gasteiger partial charge in [-0.2, -0.15) is 0 Å². The fourth-order valence-electron chi connectivity index (χ4n) is 3.14. The standard InChI is InChI=1S/C17H16BrN3OS/c18-13-4-1-3-12(9-13)17(5-2-6-17)20-15(22)10-14-11-21-7-8-23-16(21)19-14/h1,3-4,7-9,11H,2,5-6,10H2,(H,20,22). The van der Waals surface area contributed by atoms with Crippen molar-refractivity contribution in [2.24, 2.45) is 0 Å². The third-order valence-electron chi connectivity index (χ3n) is 4.45. The molecule has 1 aromatic carbocycles. The highest BCUT2D eigenvalue weighted by molar-refractivity contribution is 9.10. The molecule has 2 heterocycles. The number of rotatable bonds is 4. The summed E-state index contributed by atoms with van der Waals surface area (Å²) < 4.78 is 3.01. The molecule has 2 aromatic heterocycles. The quantitative estimate of drug-likeness (QED) is 0.735. The van der Waals surface area contributed by atoms with E-state index in [0.717, 1.165) is 34.4 Å². The van der Waals surface area contributed by atoms with Gasteiger partial charge in [0, 0.05) is 22.2 Å². The van der Waals surface area contributed by atoms with Gasteiger partial charge in [0.05, 0.1) is 17.7 Å². The molecule has 1 aliphatic rings. The van der Waals surface area contributed by atoms with E-state index in [4.69, 9.17) is 0 Å². The van der Waals surface area contributed by atoms with Crippen molar-refractivity contribution < 1.29 is 4.79 Å². The largest absolute Gasteiger partial charge is 0.346 e. The zero-order valence-electron chi connectivity index (χ0n) is 12.5. The predicted molar refractivity (Wildman–Crippen MR) is 94.6 cm³/mol. The van der Waals surface area contributed by atoms with E-state index in [9.17, 15) is 4.79 Å². The number of amides is 1. The minimum Gasteiger partial charge on any atom is -0.346 e. The van der Waals surface area contributed by atoms with Crippen molar-refractivity contribution in [3.8, 4) is 0 Å². The van der Waals surface area contributed by atoms with Crippen LogP contribution in [0.25, 0.3) is 4.96 Å². The Morgan fingerprint density at radius 2 is 2.30 bits per heavy atom. The molecule has 1 N–H and O–H groups in total. The molecule has 23 heavy (non-hydrogen) atoms. The van der Waals surface area contributed by atoms with Gasteiger partial charge in [-0.1, -0.05) is 28.1 Å². The fraction of sp³-hybridized carbons (Fsp3) is 0.294. The van der Waals surface area contributed by atoms with Crippen LogP contribution in [-0.4, -0.2) is 15.3 Å². The molecule has 1 saturated carbocycles. The molecule has 0 unspecified atom stereocenters. The van der Waals surface area contributed by atoms with E-state index in [1.54, 1.807) is 11.3 Å². The van der Waals surface area contributed by atoms with Crippen LogP contribution in [0.2, 0.25) is 0 Å². The van der Waals surface area contributed by atoms with Gasteiger partial charge in [-0.25, -0.2) is 4.98 Å². The molecule has 3 aromatic rings. The van der Waals surface area contributed by atoms with Crippen molar-refractivity contribution in [2.75, 3.05) is 0 Å². The van der Waals surface area contributed by atoms with Crippen LogP contribution in [0, 0.1) is 0 Å².